The molecule has 0 fully saturated rings. The number of aryl methyl sites for hydroxylation is 1. The van der Waals surface area contributed by atoms with E-state index in [0.29, 0.717) is 16.8 Å². The third kappa shape index (κ3) is 2.46. The van der Waals surface area contributed by atoms with E-state index in [4.69, 9.17) is 4.42 Å². The van der Waals surface area contributed by atoms with Crippen LogP contribution in [0, 0.1) is 13.8 Å². The van der Waals surface area contributed by atoms with Gasteiger partial charge in [-0.25, -0.2) is 0 Å². The van der Waals surface area contributed by atoms with Gasteiger partial charge in [0.15, 0.2) is 12.0 Å². The lowest BCUT2D eigenvalue weighted by molar-refractivity contribution is 0.0982. The number of benzene rings is 1. The Bertz CT molecular complexity index is 892. The summed E-state index contributed by atoms with van der Waals surface area (Å²) in [5.74, 6) is -0.153. The molecular weight excluding hydrogens is 348 g/mol. The third-order valence-corrected chi connectivity index (χ3v) is 4.01. The molecule has 3 rings (SSSR count). The van der Waals surface area contributed by atoms with E-state index < -0.39 is 0 Å². The molecule has 1 N–H and O–H groups in total. The van der Waals surface area contributed by atoms with Crippen LogP contribution >= 0.6 is 15.9 Å². The second-order valence-electron chi connectivity index (χ2n) is 5.01. The van der Waals surface area contributed by atoms with Crippen molar-refractivity contribution in [3.8, 4) is 0 Å². The smallest absolute Gasteiger partial charge is 0.305 e. The van der Waals surface area contributed by atoms with Crippen LogP contribution in [-0.2, 0) is 0 Å². The SMILES string of the molecule is Cc1cc(C=O)c(C)n1NC(=O)c1cc2cc(Br)ccc2o1. The predicted octanol–water partition coefficient (Wildman–Crippen LogP) is 3.81. The fourth-order valence-electron chi connectivity index (χ4n) is 2.36. The highest BCUT2D eigenvalue weighted by Crippen LogP contribution is 2.23. The average Bonchev–Trinajstić information content (AvgIpc) is 3.02. The van der Waals surface area contributed by atoms with Crippen molar-refractivity contribution in [1.29, 1.82) is 0 Å². The van der Waals surface area contributed by atoms with Gasteiger partial charge in [-0.05, 0) is 44.2 Å². The molecule has 0 aliphatic carbocycles. The molecule has 5 nitrogen and oxygen atoms in total. The van der Waals surface area contributed by atoms with Crippen LogP contribution in [-0.4, -0.2) is 16.9 Å². The van der Waals surface area contributed by atoms with Gasteiger partial charge >= 0.3 is 5.91 Å². The van der Waals surface area contributed by atoms with Gasteiger partial charge in [0.2, 0.25) is 0 Å². The van der Waals surface area contributed by atoms with Gasteiger partial charge in [0.05, 0.1) is 0 Å². The van der Waals surface area contributed by atoms with Crippen molar-refractivity contribution in [3.63, 3.8) is 0 Å². The summed E-state index contributed by atoms with van der Waals surface area (Å²) in [6.07, 6.45) is 0.768. The van der Waals surface area contributed by atoms with E-state index in [2.05, 4.69) is 21.4 Å². The number of nitrogens with one attached hydrogen (secondary N) is 1. The van der Waals surface area contributed by atoms with Gasteiger partial charge in [0, 0.05) is 26.8 Å². The van der Waals surface area contributed by atoms with Crippen LogP contribution in [0.1, 0.15) is 32.3 Å². The Morgan fingerprint density at radius 3 is 2.73 bits per heavy atom. The predicted molar refractivity (Wildman–Crippen MR) is 86.9 cm³/mol. The van der Waals surface area contributed by atoms with E-state index in [1.54, 1.807) is 29.8 Å². The Labute approximate surface area is 135 Å². The fraction of sp³-hybridized carbons (Fsp3) is 0.125. The van der Waals surface area contributed by atoms with Crippen molar-refractivity contribution in [2.75, 3.05) is 5.43 Å². The molecule has 0 aliphatic rings. The number of fused-ring (bicyclic) bond motifs is 1. The van der Waals surface area contributed by atoms with Crippen LogP contribution in [0.25, 0.3) is 11.0 Å². The molecule has 2 aromatic heterocycles. The lowest BCUT2D eigenvalue weighted by Gasteiger charge is -2.09. The highest BCUT2D eigenvalue weighted by Gasteiger charge is 2.16. The summed E-state index contributed by atoms with van der Waals surface area (Å²) in [7, 11) is 0. The van der Waals surface area contributed by atoms with Gasteiger partial charge in [-0.3, -0.25) is 19.7 Å². The van der Waals surface area contributed by atoms with Crippen LogP contribution < -0.4 is 5.43 Å². The molecule has 1 amide bonds. The summed E-state index contributed by atoms with van der Waals surface area (Å²) < 4.78 is 8.05. The normalized spacial score (nSPS) is 10.9. The maximum absolute atomic E-state index is 12.3. The van der Waals surface area contributed by atoms with E-state index in [0.717, 1.165) is 21.8 Å². The summed E-state index contributed by atoms with van der Waals surface area (Å²) >= 11 is 3.38. The van der Waals surface area contributed by atoms with E-state index in [-0.39, 0.29) is 11.7 Å². The molecule has 3 aromatic rings. The molecule has 0 spiro atoms. The zero-order valence-corrected chi connectivity index (χ0v) is 13.6. The van der Waals surface area contributed by atoms with Crippen LogP contribution in [0.5, 0.6) is 0 Å². The van der Waals surface area contributed by atoms with Gasteiger partial charge in [-0.15, -0.1) is 0 Å². The van der Waals surface area contributed by atoms with Gasteiger partial charge in [0.1, 0.15) is 5.58 Å². The zero-order valence-electron chi connectivity index (χ0n) is 12.0. The summed E-state index contributed by atoms with van der Waals surface area (Å²) in [6, 6.07) is 8.94. The second kappa shape index (κ2) is 5.46. The molecule has 1 aromatic carbocycles. The first-order valence-electron chi connectivity index (χ1n) is 6.64. The van der Waals surface area contributed by atoms with Crippen molar-refractivity contribution < 1.29 is 14.0 Å². The highest BCUT2D eigenvalue weighted by molar-refractivity contribution is 9.10. The molecule has 0 unspecified atom stereocenters. The number of furan rings is 1. The Morgan fingerprint density at radius 2 is 2.05 bits per heavy atom. The Kier molecular flexibility index (Phi) is 3.62. The molecular formula is C16H13BrN2O3. The number of nitrogens with zero attached hydrogens (tertiary/aromatic N) is 1. The lowest BCUT2D eigenvalue weighted by Crippen LogP contribution is -2.24. The van der Waals surface area contributed by atoms with Crippen molar-refractivity contribution in [2.24, 2.45) is 0 Å². The van der Waals surface area contributed by atoms with Crippen LogP contribution in [0.3, 0.4) is 0 Å². The molecule has 0 radical (unpaired) electrons. The summed E-state index contributed by atoms with van der Waals surface area (Å²) in [5, 5.41) is 0.842. The molecule has 0 bridgehead atoms. The van der Waals surface area contributed by atoms with E-state index >= 15 is 0 Å². The van der Waals surface area contributed by atoms with Crippen molar-refractivity contribution in [2.45, 2.75) is 13.8 Å². The Morgan fingerprint density at radius 1 is 1.27 bits per heavy atom. The number of rotatable bonds is 3. The monoisotopic (exact) mass is 360 g/mol. The summed E-state index contributed by atoms with van der Waals surface area (Å²) in [6.45, 7) is 3.59. The molecule has 2 heterocycles. The molecule has 0 atom stereocenters. The van der Waals surface area contributed by atoms with Crippen LogP contribution in [0.15, 0.2) is 39.2 Å². The van der Waals surface area contributed by atoms with Gasteiger partial charge in [-0.2, -0.15) is 0 Å². The molecule has 0 saturated carbocycles. The number of hydrogen-bond acceptors (Lipinski definition) is 3. The number of halogens is 1. The number of aldehydes is 1. The maximum Gasteiger partial charge on any atom is 0.305 e. The number of amides is 1. The number of hydrogen-bond donors (Lipinski definition) is 1. The van der Waals surface area contributed by atoms with Crippen molar-refractivity contribution in [3.05, 3.63) is 57.5 Å². The van der Waals surface area contributed by atoms with Gasteiger partial charge in [-0.1, -0.05) is 15.9 Å². The Hall–Kier alpha value is -2.34. The van der Waals surface area contributed by atoms with Crippen LogP contribution in [0.2, 0.25) is 0 Å². The van der Waals surface area contributed by atoms with Crippen molar-refractivity contribution >= 4 is 39.1 Å². The highest BCUT2D eigenvalue weighted by atomic mass is 79.9. The average molecular weight is 361 g/mol. The molecule has 112 valence electrons. The third-order valence-electron chi connectivity index (χ3n) is 3.51. The molecule has 0 aliphatic heterocycles. The van der Waals surface area contributed by atoms with Gasteiger partial charge < -0.3 is 4.42 Å². The molecule has 22 heavy (non-hydrogen) atoms. The standard InChI is InChI=1S/C16H13BrN2O3/c1-9-5-12(8-20)10(2)19(9)18-16(21)15-7-11-6-13(17)3-4-14(11)22-15/h3-8H,1-2H3,(H,18,21). The number of carbonyl (C=O) groups excluding carboxylic acids is 2. The van der Waals surface area contributed by atoms with E-state index in [1.165, 1.54) is 0 Å². The minimum absolute atomic E-state index is 0.216. The first kappa shape index (κ1) is 14.6. The summed E-state index contributed by atoms with van der Waals surface area (Å²) in [4.78, 5) is 23.3. The van der Waals surface area contributed by atoms with Crippen molar-refractivity contribution in [1.82, 2.24) is 4.68 Å². The number of carbonyl (C=O) groups is 2. The number of aromatic nitrogens is 1. The first-order valence-corrected chi connectivity index (χ1v) is 7.43. The lowest BCUT2D eigenvalue weighted by atomic mass is 10.2. The quantitative estimate of drug-likeness (QED) is 0.722. The Balaban J connectivity index is 1.93. The van der Waals surface area contributed by atoms with Gasteiger partial charge in [0.25, 0.3) is 0 Å². The van der Waals surface area contributed by atoms with Crippen LogP contribution in [0.4, 0.5) is 0 Å². The van der Waals surface area contributed by atoms with E-state index in [9.17, 15) is 9.59 Å². The fourth-order valence-corrected chi connectivity index (χ4v) is 2.74. The molecule has 6 heteroatoms. The first-order chi connectivity index (χ1) is 10.5. The van der Waals surface area contributed by atoms with E-state index in [1.807, 2.05) is 19.1 Å². The zero-order chi connectivity index (χ0) is 15.9. The maximum atomic E-state index is 12.3. The second-order valence-corrected chi connectivity index (χ2v) is 5.93. The molecule has 0 saturated heterocycles. The summed E-state index contributed by atoms with van der Waals surface area (Å²) in [5.41, 5.74) is 5.38. The topological polar surface area (TPSA) is 64.2 Å². The largest absolute Gasteiger partial charge is 0.451 e. The minimum Gasteiger partial charge on any atom is -0.451 e. The minimum atomic E-state index is -0.369.